The number of Topliss-reactive ketones (excluding diaryl/α,β-unsaturated/α-hetero) is 2. The van der Waals surface area contributed by atoms with Crippen molar-refractivity contribution in [2.45, 2.75) is 109 Å². The van der Waals surface area contributed by atoms with Crippen LogP contribution >= 0.6 is 0 Å². The Morgan fingerprint density at radius 2 is 1.12 bits per heavy atom. The minimum absolute atomic E-state index is 0.0349. The number of aliphatic hydroxyl groups is 1. The van der Waals surface area contributed by atoms with E-state index in [1.165, 1.54) is 0 Å². The Morgan fingerprint density at radius 1 is 0.605 bits per heavy atom. The first-order chi connectivity index (χ1) is 35.9. The number of ketones is 2. The van der Waals surface area contributed by atoms with Crippen molar-refractivity contribution < 1.29 is 83.4 Å². The van der Waals surface area contributed by atoms with E-state index in [4.69, 9.17) is 11.5 Å². The van der Waals surface area contributed by atoms with Crippen LogP contribution in [-0.4, -0.2) is 238 Å². The third-order valence-corrected chi connectivity index (χ3v) is 13.1. The maximum atomic E-state index is 13.8. The topological polar surface area (TPSA) is 435 Å². The summed E-state index contributed by atoms with van der Waals surface area (Å²) in [6, 6.07) is -3.75. The molecule has 0 bridgehead atoms. The lowest BCUT2D eigenvalue weighted by Crippen LogP contribution is -2.52. The summed E-state index contributed by atoms with van der Waals surface area (Å²) in [5.41, 5.74) is 10.9. The molecule has 0 aromatic rings. The van der Waals surface area contributed by atoms with Crippen molar-refractivity contribution in [1.82, 2.24) is 40.9 Å². The van der Waals surface area contributed by atoms with E-state index in [1.54, 1.807) is 33.4 Å². The van der Waals surface area contributed by atoms with E-state index in [1.807, 2.05) is 0 Å². The Hall–Kier alpha value is -6.36. The molecule has 1 aliphatic heterocycles. The lowest BCUT2D eigenvalue weighted by Gasteiger charge is -2.35. The summed E-state index contributed by atoms with van der Waals surface area (Å²) < 4.78 is 0. The maximum Gasteiger partial charge on any atom is 0.320 e. The van der Waals surface area contributed by atoms with Crippen LogP contribution < -0.4 is 32.7 Å². The molecule has 430 valence electrons. The fraction of sp³-hybridized carbons (Fsp3) is 0.750. The van der Waals surface area contributed by atoms with Gasteiger partial charge >= 0.3 is 29.8 Å². The standard InChI is InChI=1S/C48H81N11O17/c1-30(2)21-36(55-44(72)32(24-39(63)64)22-34(61)25-53-43(71)31-7-3-4-8-31)38(62)23-33(29-60)45(73)54-35(9-5-12-52-48(49)50)46(74)51-11-6-10-37(47(75)76)59-19-17-57(27-41(67)68)15-13-56(26-40(65)66)14-16-58(18-20-59)28-42(69)70/h30-33,35-37,60H,3-29H2,1-2H3,(H,51,74)(H,53,71)(H,54,73)(H,55,72)(H,63,64)(H,65,66)(H,67,68)(H,69,70)(H,75,76)(H4,49,50,52)/t32-,33-,35?,36-,37?/m0/s1. The Morgan fingerprint density at radius 3 is 1.59 bits per heavy atom. The van der Waals surface area contributed by atoms with Crippen molar-refractivity contribution in [2.24, 2.45) is 40.1 Å². The van der Waals surface area contributed by atoms with E-state index < -0.39 is 135 Å². The summed E-state index contributed by atoms with van der Waals surface area (Å²) in [5, 5.41) is 69.3. The van der Waals surface area contributed by atoms with Crippen molar-refractivity contribution in [3.8, 4) is 0 Å². The molecule has 0 spiro atoms. The molecule has 76 heavy (non-hydrogen) atoms. The van der Waals surface area contributed by atoms with Crippen molar-refractivity contribution in [2.75, 3.05) is 98.2 Å². The number of hydrogen-bond donors (Lipinski definition) is 12. The largest absolute Gasteiger partial charge is 0.481 e. The summed E-state index contributed by atoms with van der Waals surface area (Å²) >= 11 is 0. The number of nitrogens with zero attached hydrogens (tertiary/aromatic N) is 5. The molecule has 0 aromatic heterocycles. The van der Waals surface area contributed by atoms with Gasteiger partial charge in [-0.25, -0.2) is 0 Å². The predicted octanol–water partition coefficient (Wildman–Crippen LogP) is -3.20. The molecule has 0 aromatic carbocycles. The highest BCUT2D eigenvalue weighted by molar-refractivity contribution is 5.96. The molecule has 14 N–H and O–H groups in total. The van der Waals surface area contributed by atoms with Crippen LogP contribution in [0.5, 0.6) is 0 Å². The number of aliphatic hydroxyl groups excluding tert-OH is 1. The molecule has 1 heterocycles. The highest BCUT2D eigenvalue weighted by atomic mass is 16.4. The van der Waals surface area contributed by atoms with Gasteiger partial charge in [0.05, 0.1) is 57.1 Å². The molecule has 1 aliphatic carbocycles. The summed E-state index contributed by atoms with van der Waals surface area (Å²) in [5.74, 6) is -13.7. The van der Waals surface area contributed by atoms with Gasteiger partial charge in [-0.15, -0.1) is 0 Å². The number of rotatable bonds is 34. The molecule has 1 saturated carbocycles. The first-order valence-corrected chi connectivity index (χ1v) is 25.8. The first kappa shape index (κ1) is 65.8. The minimum atomic E-state index is -1.44. The van der Waals surface area contributed by atoms with Crippen LogP contribution in [0, 0.1) is 23.7 Å². The highest BCUT2D eigenvalue weighted by Gasteiger charge is 2.34. The van der Waals surface area contributed by atoms with E-state index in [9.17, 15) is 83.4 Å². The average molecular weight is 1080 g/mol. The number of carboxylic acids is 5. The number of carboxylic acid groups (broad SMARTS) is 5. The molecule has 4 amide bonds. The molecule has 2 unspecified atom stereocenters. The Balaban J connectivity index is 2.21. The average Bonchev–Trinajstić information content (AvgIpc) is 3.88. The predicted molar refractivity (Wildman–Crippen MR) is 271 cm³/mol. The molecule has 28 heteroatoms. The zero-order chi connectivity index (χ0) is 56.9. The van der Waals surface area contributed by atoms with Crippen LogP contribution in [0.25, 0.3) is 0 Å². The van der Waals surface area contributed by atoms with E-state index in [-0.39, 0.29) is 128 Å². The molecule has 5 atom stereocenters. The zero-order valence-electron chi connectivity index (χ0n) is 43.7. The quantitative estimate of drug-likeness (QED) is 0.0172. The first-order valence-electron chi connectivity index (χ1n) is 25.8. The number of amides is 4. The highest BCUT2D eigenvalue weighted by Crippen LogP contribution is 2.25. The number of carbonyl (C=O) groups excluding carboxylic acids is 6. The SMILES string of the molecule is CC(C)C[C@H](NC(=O)[C@H](CC(=O)O)CC(=O)CNC(=O)C1CCCC1)C(=O)C[C@@H](CO)C(=O)NC(CCCN=C(N)N)C(=O)NCCCC(C(=O)O)N1CCN(CC(=O)O)CCN(CC(=O)O)CCN(CC(=O)O)CC1. The molecule has 1 saturated heterocycles. The normalized spacial score (nSPS) is 17.6. The van der Waals surface area contributed by atoms with Gasteiger partial charge in [-0.3, -0.25) is 77.3 Å². The van der Waals surface area contributed by atoms with Crippen LogP contribution in [0.15, 0.2) is 4.99 Å². The van der Waals surface area contributed by atoms with Gasteiger partial charge in [0.2, 0.25) is 23.6 Å². The van der Waals surface area contributed by atoms with Gasteiger partial charge in [-0.2, -0.15) is 0 Å². The lowest BCUT2D eigenvalue weighted by atomic mass is 9.91. The Kier molecular flexibility index (Phi) is 30.3. The second kappa shape index (κ2) is 35.1. The molecule has 2 rings (SSSR count). The summed E-state index contributed by atoms with van der Waals surface area (Å²) in [7, 11) is 0. The van der Waals surface area contributed by atoms with Crippen molar-refractivity contribution >= 4 is 71.0 Å². The number of guanidine groups is 1. The summed E-state index contributed by atoms with van der Waals surface area (Å²) in [4.78, 5) is 150. The number of aliphatic carboxylic acids is 5. The van der Waals surface area contributed by atoms with Gasteiger partial charge in [0.25, 0.3) is 0 Å². The van der Waals surface area contributed by atoms with Gasteiger partial charge in [-0.05, 0) is 50.9 Å². The third-order valence-electron chi connectivity index (χ3n) is 13.1. The van der Waals surface area contributed by atoms with E-state index >= 15 is 0 Å². The van der Waals surface area contributed by atoms with Gasteiger partial charge in [0.1, 0.15) is 12.1 Å². The summed E-state index contributed by atoms with van der Waals surface area (Å²) in [6.07, 6.45) is 1.42. The van der Waals surface area contributed by atoms with Crippen molar-refractivity contribution in [1.29, 1.82) is 0 Å². The number of carbonyl (C=O) groups is 11. The fourth-order valence-corrected chi connectivity index (χ4v) is 9.06. The number of nitrogens with one attached hydrogen (secondary N) is 4. The number of aliphatic imine (C=N–C) groups is 1. The zero-order valence-corrected chi connectivity index (χ0v) is 43.7. The second-order valence-corrected chi connectivity index (χ2v) is 19.8. The summed E-state index contributed by atoms with van der Waals surface area (Å²) in [6.45, 7) is 1.72. The van der Waals surface area contributed by atoms with Crippen LogP contribution in [0.2, 0.25) is 0 Å². The van der Waals surface area contributed by atoms with Gasteiger partial charge in [0.15, 0.2) is 17.5 Å². The third kappa shape index (κ3) is 26.9. The van der Waals surface area contributed by atoms with E-state index in [0.29, 0.717) is 12.8 Å². The van der Waals surface area contributed by atoms with Crippen molar-refractivity contribution in [3.05, 3.63) is 0 Å². The molecular formula is C48H81N11O17. The Bertz CT molecular complexity index is 1970. The molecule has 2 fully saturated rings. The van der Waals surface area contributed by atoms with Gasteiger partial charge in [0, 0.05) is 84.2 Å². The number of hydrogen-bond acceptors (Lipinski definition) is 17. The van der Waals surface area contributed by atoms with Crippen molar-refractivity contribution in [3.63, 3.8) is 0 Å². The van der Waals surface area contributed by atoms with Crippen LogP contribution in [0.1, 0.15) is 90.9 Å². The fourth-order valence-electron chi connectivity index (χ4n) is 9.06. The van der Waals surface area contributed by atoms with Crippen LogP contribution in [-0.2, 0) is 52.7 Å². The van der Waals surface area contributed by atoms with E-state index in [2.05, 4.69) is 26.3 Å². The molecular weight excluding hydrogens is 1000 g/mol. The monoisotopic (exact) mass is 1080 g/mol. The van der Waals surface area contributed by atoms with Gasteiger partial charge < -0.3 is 63.4 Å². The Labute approximate surface area is 441 Å². The minimum Gasteiger partial charge on any atom is -0.481 e. The van der Waals surface area contributed by atoms with Crippen LogP contribution in [0.3, 0.4) is 0 Å². The molecule has 2 aliphatic rings. The molecule has 0 radical (unpaired) electrons. The maximum absolute atomic E-state index is 13.8. The number of nitrogens with two attached hydrogens (primary N) is 2. The lowest BCUT2D eigenvalue weighted by molar-refractivity contribution is -0.145. The second-order valence-electron chi connectivity index (χ2n) is 19.8. The molecule has 28 nitrogen and oxygen atoms in total. The van der Waals surface area contributed by atoms with Gasteiger partial charge in [-0.1, -0.05) is 26.7 Å². The smallest absolute Gasteiger partial charge is 0.320 e. The van der Waals surface area contributed by atoms with E-state index in [0.717, 1.165) is 12.8 Å². The van der Waals surface area contributed by atoms with Crippen LogP contribution in [0.4, 0.5) is 0 Å².